The number of aryl methyl sites for hydroxylation is 1. The molecule has 4 unspecified atom stereocenters. The maximum absolute atomic E-state index is 6.56. The van der Waals surface area contributed by atoms with Gasteiger partial charge in [-0.25, -0.2) is 0 Å². The van der Waals surface area contributed by atoms with E-state index in [1.165, 1.54) is 27.8 Å². The van der Waals surface area contributed by atoms with E-state index in [1.54, 1.807) is 0 Å². The molecular formula is C26H32N2O4. The molecule has 4 atom stereocenters. The first-order valence-corrected chi connectivity index (χ1v) is 11.8. The van der Waals surface area contributed by atoms with Gasteiger partial charge in [0.25, 0.3) is 0 Å². The highest BCUT2D eigenvalue weighted by atomic mass is 16.6. The summed E-state index contributed by atoms with van der Waals surface area (Å²) in [6.07, 6.45) is 4.69. The van der Waals surface area contributed by atoms with E-state index < -0.39 is 0 Å². The highest BCUT2D eigenvalue weighted by Crippen LogP contribution is 2.49. The summed E-state index contributed by atoms with van der Waals surface area (Å²) in [5.74, 6) is 0. The molecule has 6 heteroatoms. The summed E-state index contributed by atoms with van der Waals surface area (Å²) in [5.41, 5.74) is 20.6. The van der Waals surface area contributed by atoms with Crippen molar-refractivity contribution >= 4 is 11.4 Å². The fourth-order valence-corrected chi connectivity index (χ4v) is 5.50. The van der Waals surface area contributed by atoms with Gasteiger partial charge in [-0.3, -0.25) is 0 Å². The molecule has 4 saturated heterocycles. The summed E-state index contributed by atoms with van der Waals surface area (Å²) in [7, 11) is 0. The number of hydrogen-bond donors (Lipinski definition) is 2. The standard InChI is InChI=1S/C26H32N2O4/c1-15-6-16(27)2-3-23(15)26(9-19-13-31-19,10-20-14-32-20)24-4-5-25(28)22(8-18-12-30-18)21(24)7-17-11-29-17/h2-6,17-20H,7-14,27-28H2,1H3. The highest BCUT2D eigenvalue weighted by molar-refractivity contribution is 5.60. The van der Waals surface area contributed by atoms with Crippen molar-refractivity contribution in [2.75, 3.05) is 37.9 Å². The number of anilines is 2. The van der Waals surface area contributed by atoms with Gasteiger partial charge in [-0.05, 0) is 65.8 Å². The van der Waals surface area contributed by atoms with Crippen LogP contribution in [0.15, 0.2) is 30.3 Å². The van der Waals surface area contributed by atoms with Crippen LogP contribution in [0.1, 0.15) is 40.7 Å². The van der Waals surface area contributed by atoms with E-state index in [9.17, 15) is 0 Å². The van der Waals surface area contributed by atoms with E-state index in [2.05, 4.69) is 31.2 Å². The molecule has 0 bridgehead atoms. The average Bonchev–Trinajstić information content (AvgIpc) is 3.59. The van der Waals surface area contributed by atoms with Crippen LogP contribution in [-0.4, -0.2) is 50.8 Å². The van der Waals surface area contributed by atoms with Gasteiger partial charge >= 0.3 is 0 Å². The molecule has 0 aliphatic carbocycles. The number of rotatable bonds is 10. The Morgan fingerprint density at radius 3 is 1.81 bits per heavy atom. The van der Waals surface area contributed by atoms with E-state index in [1.807, 2.05) is 6.07 Å². The molecule has 6 nitrogen and oxygen atoms in total. The fraction of sp³-hybridized carbons (Fsp3) is 0.538. The molecule has 2 aromatic rings. The summed E-state index contributed by atoms with van der Waals surface area (Å²) in [4.78, 5) is 0. The number of nitrogen functional groups attached to an aromatic ring is 2. The molecule has 4 aliphatic heterocycles. The average molecular weight is 437 g/mol. The van der Waals surface area contributed by atoms with Gasteiger partial charge in [0.05, 0.1) is 50.8 Å². The second kappa shape index (κ2) is 7.73. The minimum atomic E-state index is -0.225. The molecule has 4 fully saturated rings. The first-order valence-electron chi connectivity index (χ1n) is 11.8. The zero-order valence-corrected chi connectivity index (χ0v) is 18.6. The third kappa shape index (κ3) is 4.13. The minimum Gasteiger partial charge on any atom is -0.399 e. The van der Waals surface area contributed by atoms with Gasteiger partial charge < -0.3 is 30.4 Å². The van der Waals surface area contributed by atoms with Gasteiger partial charge in [-0.2, -0.15) is 0 Å². The van der Waals surface area contributed by atoms with Crippen molar-refractivity contribution in [3.63, 3.8) is 0 Å². The van der Waals surface area contributed by atoms with Crippen molar-refractivity contribution in [2.24, 2.45) is 0 Å². The van der Waals surface area contributed by atoms with Crippen LogP contribution in [0, 0.1) is 6.92 Å². The lowest BCUT2D eigenvalue weighted by Crippen LogP contribution is -2.34. The van der Waals surface area contributed by atoms with E-state index in [4.69, 9.17) is 30.4 Å². The summed E-state index contributed by atoms with van der Waals surface area (Å²) >= 11 is 0. The predicted octanol–water partition coefficient (Wildman–Crippen LogP) is 2.91. The third-order valence-corrected chi connectivity index (χ3v) is 7.37. The summed E-state index contributed by atoms with van der Waals surface area (Å²) in [6, 6.07) is 10.7. The van der Waals surface area contributed by atoms with Crippen molar-refractivity contribution in [3.8, 4) is 0 Å². The monoisotopic (exact) mass is 436 g/mol. The number of ether oxygens (including phenoxy) is 4. The summed E-state index contributed by atoms with van der Waals surface area (Å²) < 4.78 is 22.9. The zero-order chi connectivity index (χ0) is 21.9. The highest BCUT2D eigenvalue weighted by Gasteiger charge is 2.47. The van der Waals surface area contributed by atoms with Crippen LogP contribution < -0.4 is 11.5 Å². The van der Waals surface area contributed by atoms with Crippen LogP contribution in [0.2, 0.25) is 0 Å². The molecule has 4 heterocycles. The maximum atomic E-state index is 6.56. The normalized spacial score (nSPS) is 29.4. The second-order valence-corrected chi connectivity index (χ2v) is 9.95. The first-order chi connectivity index (χ1) is 15.5. The molecular weight excluding hydrogens is 404 g/mol. The van der Waals surface area contributed by atoms with Gasteiger partial charge in [0.2, 0.25) is 0 Å². The molecule has 4 N–H and O–H groups in total. The van der Waals surface area contributed by atoms with Crippen molar-refractivity contribution in [1.29, 1.82) is 0 Å². The van der Waals surface area contributed by atoms with Gasteiger partial charge in [0.15, 0.2) is 0 Å². The van der Waals surface area contributed by atoms with Crippen molar-refractivity contribution < 1.29 is 18.9 Å². The first kappa shape index (κ1) is 20.5. The Hall–Kier alpha value is -2.12. The Morgan fingerprint density at radius 1 is 0.750 bits per heavy atom. The molecule has 0 aromatic heterocycles. The quantitative estimate of drug-likeness (QED) is 0.439. The molecule has 4 aliphatic rings. The van der Waals surface area contributed by atoms with Crippen molar-refractivity contribution in [2.45, 2.75) is 62.4 Å². The smallest absolute Gasteiger partial charge is 0.0851 e. The summed E-state index contributed by atoms with van der Waals surface area (Å²) in [6.45, 7) is 5.44. The van der Waals surface area contributed by atoms with Gasteiger partial charge in [-0.15, -0.1) is 0 Å². The van der Waals surface area contributed by atoms with Gasteiger partial charge in [0.1, 0.15) is 0 Å². The molecule has 0 amide bonds. The lowest BCUT2D eigenvalue weighted by atomic mass is 9.64. The molecule has 0 radical (unpaired) electrons. The van der Waals surface area contributed by atoms with E-state index in [-0.39, 0.29) is 29.8 Å². The lowest BCUT2D eigenvalue weighted by molar-refractivity contribution is 0.297. The van der Waals surface area contributed by atoms with Crippen LogP contribution >= 0.6 is 0 Å². The Bertz CT molecular complexity index is 1010. The van der Waals surface area contributed by atoms with E-state index >= 15 is 0 Å². The topological polar surface area (TPSA) is 102 Å². The Morgan fingerprint density at radius 2 is 1.28 bits per heavy atom. The third-order valence-electron chi connectivity index (χ3n) is 7.37. The van der Waals surface area contributed by atoms with E-state index in [0.29, 0.717) is 0 Å². The number of nitrogens with two attached hydrogens (primary N) is 2. The molecule has 32 heavy (non-hydrogen) atoms. The SMILES string of the molecule is Cc1cc(N)ccc1C(CC1CO1)(CC1CO1)c1ccc(N)c(CC2CO2)c1CC1CO1. The van der Waals surface area contributed by atoms with E-state index in [0.717, 1.165) is 63.5 Å². The minimum absolute atomic E-state index is 0.225. The van der Waals surface area contributed by atoms with Crippen molar-refractivity contribution in [1.82, 2.24) is 0 Å². The largest absolute Gasteiger partial charge is 0.399 e. The van der Waals surface area contributed by atoms with Crippen LogP contribution in [0.5, 0.6) is 0 Å². The lowest BCUT2D eigenvalue weighted by Gasteiger charge is -2.38. The van der Waals surface area contributed by atoms with Crippen LogP contribution in [0.25, 0.3) is 0 Å². The molecule has 170 valence electrons. The fourth-order valence-electron chi connectivity index (χ4n) is 5.50. The van der Waals surface area contributed by atoms with Gasteiger partial charge in [0, 0.05) is 29.6 Å². The Labute approximate surface area is 189 Å². The van der Waals surface area contributed by atoms with Gasteiger partial charge in [-0.1, -0.05) is 12.1 Å². The van der Waals surface area contributed by atoms with Crippen molar-refractivity contribution in [3.05, 3.63) is 58.1 Å². The molecule has 6 rings (SSSR count). The van der Waals surface area contributed by atoms with Crippen LogP contribution in [0.3, 0.4) is 0 Å². The zero-order valence-electron chi connectivity index (χ0n) is 18.6. The second-order valence-electron chi connectivity index (χ2n) is 9.95. The number of hydrogen-bond acceptors (Lipinski definition) is 6. The maximum Gasteiger partial charge on any atom is 0.0851 e. The molecule has 0 spiro atoms. The predicted molar refractivity (Wildman–Crippen MR) is 123 cm³/mol. The Kier molecular flexibility index (Phi) is 4.95. The molecule has 0 saturated carbocycles. The summed E-state index contributed by atoms with van der Waals surface area (Å²) in [5, 5.41) is 0. The molecule has 2 aromatic carbocycles. The number of epoxide rings is 4. The van der Waals surface area contributed by atoms with Crippen LogP contribution in [-0.2, 0) is 37.2 Å². The number of benzene rings is 2. The van der Waals surface area contributed by atoms with Crippen LogP contribution in [0.4, 0.5) is 11.4 Å². The Balaban J connectivity index is 1.55.